The Kier molecular flexibility index (Phi) is 3.87. The van der Waals surface area contributed by atoms with Gasteiger partial charge in [-0.15, -0.1) is 0 Å². The predicted octanol–water partition coefficient (Wildman–Crippen LogP) is 3.33. The first-order chi connectivity index (χ1) is 8.20. The van der Waals surface area contributed by atoms with Gasteiger partial charge in [-0.25, -0.2) is 4.98 Å². The Morgan fingerprint density at radius 1 is 1.29 bits per heavy atom. The van der Waals surface area contributed by atoms with Crippen molar-refractivity contribution in [3.63, 3.8) is 0 Å². The number of hydrogen-bond acceptors (Lipinski definition) is 3. The summed E-state index contributed by atoms with van der Waals surface area (Å²) in [6.07, 6.45) is 5.80. The number of ether oxygens (including phenoxy) is 1. The van der Waals surface area contributed by atoms with E-state index in [0.717, 1.165) is 17.5 Å². The van der Waals surface area contributed by atoms with E-state index < -0.39 is 0 Å². The minimum Gasteiger partial charge on any atom is -0.481 e. The number of hydrogen-bond donors (Lipinski definition) is 1. The number of anilines is 1. The maximum atomic E-state index is 5.06. The summed E-state index contributed by atoms with van der Waals surface area (Å²) >= 11 is 0. The first-order valence-electron chi connectivity index (χ1n) is 6.47. The molecular formula is C14H22N2O. The quantitative estimate of drug-likeness (QED) is 0.871. The minimum absolute atomic E-state index is 0.578. The van der Waals surface area contributed by atoms with Crippen LogP contribution in [0, 0.1) is 11.8 Å². The van der Waals surface area contributed by atoms with Gasteiger partial charge in [0.05, 0.1) is 19.0 Å². The van der Waals surface area contributed by atoms with Crippen molar-refractivity contribution >= 4 is 5.69 Å². The van der Waals surface area contributed by atoms with Crippen molar-refractivity contribution in [2.75, 3.05) is 12.4 Å². The van der Waals surface area contributed by atoms with Crippen LogP contribution in [0.15, 0.2) is 18.3 Å². The zero-order valence-electron chi connectivity index (χ0n) is 10.9. The van der Waals surface area contributed by atoms with Crippen molar-refractivity contribution in [2.45, 2.75) is 39.2 Å². The molecule has 1 aromatic rings. The Morgan fingerprint density at radius 2 is 2.12 bits per heavy atom. The van der Waals surface area contributed by atoms with Crippen molar-refractivity contribution in [1.82, 2.24) is 4.98 Å². The van der Waals surface area contributed by atoms with Gasteiger partial charge in [-0.2, -0.15) is 0 Å². The molecule has 3 unspecified atom stereocenters. The van der Waals surface area contributed by atoms with Crippen LogP contribution in [0.5, 0.6) is 5.88 Å². The summed E-state index contributed by atoms with van der Waals surface area (Å²) in [5, 5.41) is 3.59. The van der Waals surface area contributed by atoms with E-state index in [9.17, 15) is 0 Å². The number of pyridine rings is 1. The average molecular weight is 234 g/mol. The van der Waals surface area contributed by atoms with Crippen LogP contribution < -0.4 is 10.1 Å². The zero-order chi connectivity index (χ0) is 12.3. The molecule has 0 aromatic carbocycles. The number of rotatable bonds is 3. The van der Waals surface area contributed by atoms with Gasteiger partial charge in [0.15, 0.2) is 0 Å². The second kappa shape index (κ2) is 5.39. The van der Waals surface area contributed by atoms with Gasteiger partial charge in [-0.1, -0.05) is 26.7 Å². The van der Waals surface area contributed by atoms with E-state index in [1.54, 1.807) is 7.11 Å². The number of nitrogens with one attached hydrogen (secondary N) is 1. The Morgan fingerprint density at radius 3 is 2.76 bits per heavy atom. The maximum Gasteiger partial charge on any atom is 0.213 e. The van der Waals surface area contributed by atoms with Gasteiger partial charge in [0.25, 0.3) is 0 Å². The van der Waals surface area contributed by atoms with Crippen molar-refractivity contribution < 1.29 is 4.74 Å². The normalized spacial score (nSPS) is 28.8. The largest absolute Gasteiger partial charge is 0.481 e. The fourth-order valence-electron chi connectivity index (χ4n) is 2.59. The third kappa shape index (κ3) is 2.90. The first-order valence-corrected chi connectivity index (χ1v) is 6.47. The second-order valence-electron chi connectivity index (χ2n) is 5.11. The molecule has 17 heavy (non-hydrogen) atoms. The van der Waals surface area contributed by atoms with Crippen LogP contribution in [-0.2, 0) is 0 Å². The molecule has 0 saturated heterocycles. The van der Waals surface area contributed by atoms with Gasteiger partial charge in [-0.05, 0) is 24.3 Å². The molecule has 3 atom stereocenters. The smallest absolute Gasteiger partial charge is 0.213 e. The summed E-state index contributed by atoms with van der Waals surface area (Å²) in [6, 6.07) is 4.52. The minimum atomic E-state index is 0.578. The second-order valence-corrected chi connectivity index (χ2v) is 5.11. The highest BCUT2D eigenvalue weighted by Gasteiger charge is 2.26. The lowest BCUT2D eigenvalue weighted by Gasteiger charge is -2.35. The van der Waals surface area contributed by atoms with Crippen LogP contribution in [0.1, 0.15) is 33.1 Å². The van der Waals surface area contributed by atoms with Gasteiger partial charge in [0.2, 0.25) is 5.88 Å². The molecule has 0 radical (unpaired) electrons. The van der Waals surface area contributed by atoms with Crippen LogP contribution in [0.3, 0.4) is 0 Å². The van der Waals surface area contributed by atoms with Gasteiger partial charge in [0, 0.05) is 12.1 Å². The van der Waals surface area contributed by atoms with Gasteiger partial charge in [0.1, 0.15) is 0 Å². The fraction of sp³-hybridized carbons (Fsp3) is 0.643. The highest BCUT2D eigenvalue weighted by atomic mass is 16.5. The zero-order valence-corrected chi connectivity index (χ0v) is 10.9. The van der Waals surface area contributed by atoms with Crippen LogP contribution in [0.2, 0.25) is 0 Å². The fourth-order valence-corrected chi connectivity index (χ4v) is 2.59. The topological polar surface area (TPSA) is 34.1 Å². The lowest BCUT2D eigenvalue weighted by Crippen LogP contribution is -2.34. The molecule has 1 saturated carbocycles. The standard InChI is InChI=1S/C14H22N2O/c1-10-5-4-6-13(11(10)2)16-12-7-8-14(17-3)15-9-12/h7-11,13,16H,4-6H2,1-3H3. The van der Waals surface area contributed by atoms with Crippen LogP contribution in [0.25, 0.3) is 0 Å². The highest BCUT2D eigenvalue weighted by Crippen LogP contribution is 2.31. The number of nitrogens with zero attached hydrogens (tertiary/aromatic N) is 1. The summed E-state index contributed by atoms with van der Waals surface area (Å²) in [7, 11) is 1.64. The molecule has 1 fully saturated rings. The molecule has 1 aliphatic carbocycles. The summed E-state index contributed by atoms with van der Waals surface area (Å²) < 4.78 is 5.06. The molecule has 3 nitrogen and oxygen atoms in total. The van der Waals surface area contributed by atoms with E-state index in [2.05, 4.69) is 24.1 Å². The third-order valence-electron chi connectivity index (χ3n) is 4.00. The predicted molar refractivity (Wildman–Crippen MR) is 70.4 cm³/mol. The van der Waals surface area contributed by atoms with Gasteiger partial charge in [-0.3, -0.25) is 0 Å². The van der Waals surface area contributed by atoms with E-state index in [4.69, 9.17) is 4.74 Å². The number of methoxy groups -OCH3 is 1. The highest BCUT2D eigenvalue weighted by molar-refractivity contribution is 5.43. The monoisotopic (exact) mass is 234 g/mol. The van der Waals surface area contributed by atoms with Crippen molar-refractivity contribution in [3.8, 4) is 5.88 Å². The Hall–Kier alpha value is -1.25. The molecule has 1 heterocycles. The first kappa shape index (κ1) is 12.2. The molecule has 1 aromatic heterocycles. The summed E-state index contributed by atoms with van der Waals surface area (Å²) in [4.78, 5) is 4.22. The van der Waals surface area contributed by atoms with E-state index in [0.29, 0.717) is 11.9 Å². The van der Waals surface area contributed by atoms with E-state index in [-0.39, 0.29) is 0 Å². The van der Waals surface area contributed by atoms with Crippen LogP contribution >= 0.6 is 0 Å². The van der Waals surface area contributed by atoms with Crippen LogP contribution in [0.4, 0.5) is 5.69 Å². The van der Waals surface area contributed by atoms with Crippen LogP contribution in [-0.4, -0.2) is 18.1 Å². The van der Waals surface area contributed by atoms with Crippen molar-refractivity contribution in [2.24, 2.45) is 11.8 Å². The lowest BCUT2D eigenvalue weighted by molar-refractivity contribution is 0.253. The summed E-state index contributed by atoms with van der Waals surface area (Å²) in [6.45, 7) is 4.70. The maximum absolute atomic E-state index is 5.06. The van der Waals surface area contributed by atoms with E-state index in [1.807, 2.05) is 18.3 Å². The van der Waals surface area contributed by atoms with Crippen molar-refractivity contribution in [1.29, 1.82) is 0 Å². The average Bonchev–Trinajstić information content (AvgIpc) is 2.36. The molecule has 0 bridgehead atoms. The third-order valence-corrected chi connectivity index (χ3v) is 4.00. The Balaban J connectivity index is 1.99. The van der Waals surface area contributed by atoms with Gasteiger partial charge >= 0.3 is 0 Å². The van der Waals surface area contributed by atoms with Crippen molar-refractivity contribution in [3.05, 3.63) is 18.3 Å². The molecule has 1 aliphatic rings. The molecule has 2 rings (SSSR count). The summed E-state index contributed by atoms with van der Waals surface area (Å²) in [5.74, 6) is 2.21. The Labute approximate surface area is 104 Å². The molecule has 0 aliphatic heterocycles. The van der Waals surface area contributed by atoms with Gasteiger partial charge < -0.3 is 10.1 Å². The number of aromatic nitrogens is 1. The van der Waals surface area contributed by atoms with E-state index >= 15 is 0 Å². The molecule has 0 spiro atoms. The molecule has 94 valence electrons. The van der Waals surface area contributed by atoms with E-state index in [1.165, 1.54) is 19.3 Å². The molecule has 3 heteroatoms. The molecule has 0 amide bonds. The lowest BCUT2D eigenvalue weighted by atomic mass is 9.78. The Bertz CT molecular complexity index is 350. The molecule has 1 N–H and O–H groups in total. The summed E-state index contributed by atoms with van der Waals surface area (Å²) in [5.41, 5.74) is 1.09. The molecular weight excluding hydrogens is 212 g/mol. The SMILES string of the molecule is COc1ccc(NC2CCCC(C)C2C)cn1.